The molecular formula is C20H20N2O3. The third-order valence-electron chi connectivity index (χ3n) is 3.97. The Kier molecular flexibility index (Phi) is 5.58. The lowest BCUT2D eigenvalue weighted by Crippen LogP contribution is -2.25. The quantitative estimate of drug-likeness (QED) is 0.794. The minimum atomic E-state index is -0.294. The highest BCUT2D eigenvalue weighted by Gasteiger charge is 2.18. The molecule has 0 spiro atoms. The van der Waals surface area contributed by atoms with Crippen LogP contribution < -0.4 is 10.3 Å². The van der Waals surface area contributed by atoms with Gasteiger partial charge in [0.1, 0.15) is 17.5 Å². The molecule has 0 radical (unpaired) electrons. The van der Waals surface area contributed by atoms with E-state index >= 15 is 0 Å². The Bertz CT molecular complexity index is 986. The third-order valence-corrected chi connectivity index (χ3v) is 3.97. The standard InChI is InChI=1S/C19H16N2O3.CH4/c1-24-14-7-8-15-16(11-14)18(13-5-3-2-4-6-13)17(12-20)21(9-10-22)19(15)23;/h2-8,11,22H,9-10H2,1H3;1H4. The number of fused-ring (bicyclic) bond motifs is 1. The average Bonchev–Trinajstić information content (AvgIpc) is 2.64. The molecule has 0 aliphatic carbocycles. The maximum atomic E-state index is 12.7. The molecule has 0 atom stereocenters. The number of aromatic nitrogens is 1. The number of nitriles is 1. The highest BCUT2D eigenvalue weighted by atomic mass is 16.5. The van der Waals surface area contributed by atoms with Gasteiger partial charge in [0.25, 0.3) is 5.56 Å². The van der Waals surface area contributed by atoms with Gasteiger partial charge in [0, 0.05) is 16.3 Å². The minimum absolute atomic E-state index is 0. The molecule has 5 nitrogen and oxygen atoms in total. The lowest BCUT2D eigenvalue weighted by Gasteiger charge is -2.16. The Morgan fingerprint density at radius 1 is 1.16 bits per heavy atom. The lowest BCUT2D eigenvalue weighted by molar-refractivity contribution is 0.274. The molecule has 2 aromatic carbocycles. The Morgan fingerprint density at radius 2 is 1.88 bits per heavy atom. The Hall–Kier alpha value is -3.10. The van der Waals surface area contributed by atoms with E-state index in [0.717, 1.165) is 5.56 Å². The molecule has 25 heavy (non-hydrogen) atoms. The fraction of sp³-hybridized carbons (Fsp3) is 0.200. The zero-order chi connectivity index (χ0) is 17.1. The van der Waals surface area contributed by atoms with Gasteiger partial charge in [0.15, 0.2) is 0 Å². The fourth-order valence-electron chi connectivity index (χ4n) is 2.88. The fourth-order valence-corrected chi connectivity index (χ4v) is 2.88. The molecule has 5 heteroatoms. The van der Waals surface area contributed by atoms with E-state index in [0.29, 0.717) is 22.1 Å². The minimum Gasteiger partial charge on any atom is -0.497 e. The number of hydrogen-bond donors (Lipinski definition) is 1. The lowest BCUT2D eigenvalue weighted by atomic mass is 9.97. The summed E-state index contributed by atoms with van der Waals surface area (Å²) in [5.74, 6) is 0.614. The topological polar surface area (TPSA) is 75.2 Å². The van der Waals surface area contributed by atoms with E-state index in [4.69, 9.17) is 4.74 Å². The van der Waals surface area contributed by atoms with E-state index in [2.05, 4.69) is 6.07 Å². The number of ether oxygens (including phenoxy) is 1. The SMILES string of the molecule is C.COc1ccc2c(=O)n(CCO)c(C#N)c(-c3ccccc3)c2c1. The van der Waals surface area contributed by atoms with Gasteiger partial charge in [-0.25, -0.2) is 0 Å². The van der Waals surface area contributed by atoms with Gasteiger partial charge in [-0.3, -0.25) is 9.36 Å². The van der Waals surface area contributed by atoms with Crippen LogP contribution in [0.5, 0.6) is 5.75 Å². The van der Waals surface area contributed by atoms with E-state index in [-0.39, 0.29) is 31.8 Å². The van der Waals surface area contributed by atoms with Gasteiger partial charge >= 0.3 is 0 Å². The number of hydrogen-bond acceptors (Lipinski definition) is 4. The molecule has 1 heterocycles. The molecule has 0 saturated carbocycles. The van der Waals surface area contributed by atoms with Crippen LogP contribution in [-0.2, 0) is 6.54 Å². The van der Waals surface area contributed by atoms with Crippen molar-refractivity contribution in [1.82, 2.24) is 4.57 Å². The summed E-state index contributed by atoms with van der Waals surface area (Å²) in [5.41, 5.74) is 1.44. The van der Waals surface area contributed by atoms with Crippen LogP contribution in [0.2, 0.25) is 0 Å². The third kappa shape index (κ3) is 3.12. The van der Waals surface area contributed by atoms with Crippen molar-refractivity contribution in [3.05, 3.63) is 64.6 Å². The number of methoxy groups -OCH3 is 1. The number of pyridine rings is 1. The summed E-state index contributed by atoms with van der Waals surface area (Å²) >= 11 is 0. The number of nitrogens with zero attached hydrogens (tertiary/aromatic N) is 2. The highest BCUT2D eigenvalue weighted by Crippen LogP contribution is 2.32. The highest BCUT2D eigenvalue weighted by molar-refractivity contribution is 5.99. The van der Waals surface area contributed by atoms with E-state index in [1.54, 1.807) is 25.3 Å². The van der Waals surface area contributed by atoms with Crippen molar-refractivity contribution in [1.29, 1.82) is 5.26 Å². The summed E-state index contributed by atoms with van der Waals surface area (Å²) in [6.07, 6.45) is 0. The second kappa shape index (κ2) is 7.65. The smallest absolute Gasteiger partial charge is 0.259 e. The Balaban J connectivity index is 0.00000225. The second-order valence-electron chi connectivity index (χ2n) is 5.29. The maximum absolute atomic E-state index is 12.7. The predicted molar refractivity (Wildman–Crippen MR) is 98.7 cm³/mol. The maximum Gasteiger partial charge on any atom is 0.259 e. The van der Waals surface area contributed by atoms with E-state index in [1.165, 1.54) is 4.57 Å². The van der Waals surface area contributed by atoms with Gasteiger partial charge in [-0.2, -0.15) is 5.26 Å². The molecular weight excluding hydrogens is 316 g/mol. The summed E-state index contributed by atoms with van der Waals surface area (Å²) in [5, 5.41) is 20.1. The Labute approximate surface area is 146 Å². The predicted octanol–water partition coefficient (Wildman–Crippen LogP) is 3.18. The van der Waals surface area contributed by atoms with Crippen LogP contribution in [0.3, 0.4) is 0 Å². The van der Waals surface area contributed by atoms with Crippen LogP contribution in [0.4, 0.5) is 0 Å². The van der Waals surface area contributed by atoms with Gasteiger partial charge in [-0.1, -0.05) is 37.8 Å². The van der Waals surface area contributed by atoms with Gasteiger partial charge < -0.3 is 9.84 Å². The number of rotatable bonds is 4. The summed E-state index contributed by atoms with van der Waals surface area (Å²) in [6.45, 7) is -0.145. The van der Waals surface area contributed by atoms with Crippen molar-refractivity contribution in [3.8, 4) is 22.9 Å². The molecule has 0 aliphatic heterocycles. The van der Waals surface area contributed by atoms with Gasteiger partial charge in [0.2, 0.25) is 0 Å². The molecule has 0 bridgehead atoms. The first-order chi connectivity index (χ1) is 11.7. The number of aliphatic hydroxyl groups excluding tert-OH is 1. The summed E-state index contributed by atoms with van der Waals surface area (Å²) in [6, 6.07) is 16.7. The second-order valence-corrected chi connectivity index (χ2v) is 5.29. The monoisotopic (exact) mass is 336 g/mol. The van der Waals surface area contributed by atoms with Crippen molar-refractivity contribution in [3.63, 3.8) is 0 Å². The summed E-state index contributed by atoms with van der Waals surface area (Å²) < 4.78 is 6.60. The van der Waals surface area contributed by atoms with Gasteiger partial charge in [0.05, 0.1) is 20.3 Å². The van der Waals surface area contributed by atoms with Crippen LogP contribution in [0.1, 0.15) is 13.1 Å². The van der Waals surface area contributed by atoms with Crippen LogP contribution in [0.25, 0.3) is 21.9 Å². The van der Waals surface area contributed by atoms with Crippen molar-refractivity contribution in [2.45, 2.75) is 14.0 Å². The van der Waals surface area contributed by atoms with Crippen LogP contribution in [0, 0.1) is 11.3 Å². The molecule has 0 saturated heterocycles. The Morgan fingerprint density at radius 3 is 2.48 bits per heavy atom. The van der Waals surface area contributed by atoms with E-state index < -0.39 is 0 Å². The largest absolute Gasteiger partial charge is 0.497 e. The number of benzene rings is 2. The average molecular weight is 336 g/mol. The molecule has 128 valence electrons. The molecule has 0 aliphatic rings. The van der Waals surface area contributed by atoms with Crippen molar-refractivity contribution in [2.75, 3.05) is 13.7 Å². The zero-order valence-corrected chi connectivity index (χ0v) is 13.2. The molecule has 3 aromatic rings. The number of aliphatic hydroxyl groups is 1. The first-order valence-corrected chi connectivity index (χ1v) is 7.52. The zero-order valence-electron chi connectivity index (χ0n) is 13.2. The molecule has 0 fully saturated rings. The van der Waals surface area contributed by atoms with Crippen molar-refractivity contribution < 1.29 is 9.84 Å². The summed E-state index contributed by atoms with van der Waals surface area (Å²) in [4.78, 5) is 12.7. The summed E-state index contributed by atoms with van der Waals surface area (Å²) in [7, 11) is 1.56. The molecule has 1 aromatic heterocycles. The van der Waals surface area contributed by atoms with Crippen molar-refractivity contribution >= 4 is 10.8 Å². The van der Waals surface area contributed by atoms with E-state index in [1.807, 2.05) is 30.3 Å². The van der Waals surface area contributed by atoms with Gasteiger partial charge in [-0.05, 0) is 23.8 Å². The van der Waals surface area contributed by atoms with Crippen molar-refractivity contribution in [2.24, 2.45) is 0 Å². The first kappa shape index (κ1) is 18.2. The van der Waals surface area contributed by atoms with E-state index in [9.17, 15) is 15.2 Å². The van der Waals surface area contributed by atoms with Gasteiger partial charge in [-0.15, -0.1) is 0 Å². The molecule has 0 amide bonds. The van der Waals surface area contributed by atoms with Crippen LogP contribution >= 0.6 is 0 Å². The first-order valence-electron chi connectivity index (χ1n) is 7.52. The normalized spacial score (nSPS) is 10.1. The van der Waals surface area contributed by atoms with Crippen LogP contribution in [0.15, 0.2) is 53.3 Å². The molecule has 3 rings (SSSR count). The molecule has 1 N–H and O–H groups in total. The van der Waals surface area contributed by atoms with Crippen LogP contribution in [-0.4, -0.2) is 23.4 Å². The molecule has 0 unspecified atom stereocenters.